The van der Waals surface area contributed by atoms with Gasteiger partial charge in [0.15, 0.2) is 0 Å². The lowest BCUT2D eigenvalue weighted by Crippen LogP contribution is -2.45. The summed E-state index contributed by atoms with van der Waals surface area (Å²) in [6.07, 6.45) is -5.94. The van der Waals surface area contributed by atoms with Crippen molar-refractivity contribution in [1.82, 2.24) is 5.32 Å². The minimum Gasteiger partial charge on any atom is -0.484 e. The van der Waals surface area contributed by atoms with Gasteiger partial charge in [0.05, 0.1) is 11.6 Å². The first-order valence-corrected chi connectivity index (χ1v) is 8.50. The van der Waals surface area contributed by atoms with Crippen molar-refractivity contribution in [1.29, 1.82) is 0 Å². The quantitative estimate of drug-likeness (QED) is 0.693. The Hall–Kier alpha value is -2.55. The number of ether oxygens (including phenoxy) is 1. The minimum atomic E-state index is -5.01. The van der Waals surface area contributed by atoms with Gasteiger partial charge in [-0.05, 0) is 48.9 Å². The van der Waals surface area contributed by atoms with Gasteiger partial charge in [-0.15, -0.1) is 0 Å². The average Bonchev–Trinajstić information content (AvgIpc) is 2.60. The molecule has 0 aromatic heterocycles. The molecule has 1 unspecified atom stereocenters. The van der Waals surface area contributed by atoms with E-state index in [1.807, 2.05) is 5.32 Å². The van der Waals surface area contributed by atoms with Crippen LogP contribution in [-0.4, -0.2) is 29.2 Å². The number of benzene rings is 2. The van der Waals surface area contributed by atoms with E-state index in [1.165, 1.54) is 31.2 Å². The van der Waals surface area contributed by atoms with Gasteiger partial charge in [0.1, 0.15) is 11.9 Å². The molecule has 0 bridgehead atoms. The van der Waals surface area contributed by atoms with E-state index in [-0.39, 0.29) is 11.3 Å². The second-order valence-electron chi connectivity index (χ2n) is 5.68. The predicted molar refractivity (Wildman–Crippen MR) is 94.6 cm³/mol. The van der Waals surface area contributed by atoms with Crippen LogP contribution in [0.5, 0.6) is 5.75 Å². The molecule has 0 heterocycles. The van der Waals surface area contributed by atoms with E-state index in [9.17, 15) is 22.8 Å². The van der Waals surface area contributed by atoms with E-state index in [4.69, 9.17) is 9.84 Å². The van der Waals surface area contributed by atoms with Crippen molar-refractivity contribution in [3.8, 4) is 5.75 Å². The molecule has 0 aliphatic rings. The summed E-state index contributed by atoms with van der Waals surface area (Å²) in [6, 6.07) is 11.1. The number of alkyl halides is 3. The molecule has 0 fully saturated rings. The van der Waals surface area contributed by atoms with Crippen LogP contribution in [0, 0.1) is 0 Å². The van der Waals surface area contributed by atoms with E-state index < -0.39 is 30.2 Å². The number of hydrogen-bond donors (Lipinski definition) is 2. The van der Waals surface area contributed by atoms with Gasteiger partial charge in [0, 0.05) is 4.47 Å². The molecule has 1 amide bonds. The summed E-state index contributed by atoms with van der Waals surface area (Å²) < 4.78 is 44.2. The lowest BCUT2D eigenvalue weighted by molar-refractivity contribution is -0.174. The molecular weight excluding hydrogens is 431 g/mol. The summed E-state index contributed by atoms with van der Waals surface area (Å²) in [7, 11) is 0. The second kappa shape index (κ2) is 8.43. The molecule has 0 saturated heterocycles. The number of carbonyl (C=O) groups is 2. The lowest BCUT2D eigenvalue weighted by atomic mass is 10.0. The molecule has 9 heteroatoms. The summed E-state index contributed by atoms with van der Waals surface area (Å²) in [5.41, 5.74) is 0.580. The Morgan fingerprint density at radius 2 is 1.63 bits per heavy atom. The van der Waals surface area contributed by atoms with E-state index >= 15 is 0 Å². The number of nitrogens with one attached hydrogen (secondary N) is 1. The van der Waals surface area contributed by atoms with Crippen LogP contribution in [-0.2, 0) is 4.79 Å². The molecule has 0 saturated carbocycles. The highest BCUT2D eigenvalue weighted by molar-refractivity contribution is 9.10. The topological polar surface area (TPSA) is 75.6 Å². The Balaban J connectivity index is 2.27. The van der Waals surface area contributed by atoms with Crippen LogP contribution in [0.25, 0.3) is 0 Å². The van der Waals surface area contributed by atoms with E-state index in [1.54, 1.807) is 24.3 Å². The molecule has 0 aliphatic carbocycles. The van der Waals surface area contributed by atoms with Gasteiger partial charge in [0.2, 0.25) is 0 Å². The van der Waals surface area contributed by atoms with Gasteiger partial charge in [-0.2, -0.15) is 13.2 Å². The van der Waals surface area contributed by atoms with Gasteiger partial charge in [-0.25, -0.2) is 4.79 Å². The van der Waals surface area contributed by atoms with Crippen LogP contribution in [0.4, 0.5) is 13.2 Å². The van der Waals surface area contributed by atoms with Crippen LogP contribution in [0.3, 0.4) is 0 Å². The fraction of sp³-hybridized carbons (Fsp3) is 0.222. The maximum atomic E-state index is 12.6. The molecule has 2 N–H and O–H groups in total. The van der Waals surface area contributed by atoms with Crippen molar-refractivity contribution in [2.45, 2.75) is 25.2 Å². The fourth-order valence-corrected chi connectivity index (χ4v) is 2.56. The number of rotatable bonds is 6. The highest BCUT2D eigenvalue weighted by Gasteiger charge is 2.40. The Labute approximate surface area is 161 Å². The minimum absolute atomic E-state index is 0.0426. The van der Waals surface area contributed by atoms with Crippen molar-refractivity contribution in [2.75, 3.05) is 0 Å². The smallest absolute Gasteiger partial charge is 0.471 e. The molecule has 27 heavy (non-hydrogen) atoms. The van der Waals surface area contributed by atoms with Crippen molar-refractivity contribution in [3.63, 3.8) is 0 Å². The maximum absolute atomic E-state index is 12.6. The lowest BCUT2D eigenvalue weighted by Gasteiger charge is -2.27. The number of amides is 1. The number of carboxylic acid groups (broad SMARTS) is 1. The van der Waals surface area contributed by atoms with Crippen molar-refractivity contribution >= 4 is 27.8 Å². The first-order valence-electron chi connectivity index (χ1n) is 7.71. The number of carboxylic acids is 1. The molecule has 5 nitrogen and oxygen atoms in total. The summed E-state index contributed by atoms with van der Waals surface area (Å²) in [4.78, 5) is 22.2. The standard InChI is InChI=1S/C18H15BrF3NO4/c1-10(23-17(26)18(20,21)22)15(11-2-6-13(19)7-3-11)27-14-8-4-12(5-9-14)16(24)25/h2-10,15H,1H3,(H,23,26)(H,24,25)/t10?,15-/m0/s1. The van der Waals surface area contributed by atoms with Crippen molar-refractivity contribution in [2.24, 2.45) is 0 Å². The molecule has 2 rings (SSSR count). The van der Waals surface area contributed by atoms with Gasteiger partial charge in [0.25, 0.3) is 0 Å². The number of hydrogen-bond acceptors (Lipinski definition) is 3. The number of halogens is 4. The molecule has 2 aromatic carbocycles. The van der Waals surface area contributed by atoms with E-state index in [0.29, 0.717) is 5.56 Å². The summed E-state index contributed by atoms with van der Waals surface area (Å²) >= 11 is 3.27. The fourth-order valence-electron chi connectivity index (χ4n) is 2.30. The van der Waals surface area contributed by atoms with Gasteiger partial charge >= 0.3 is 18.1 Å². The van der Waals surface area contributed by atoms with Crippen molar-refractivity contribution < 1.29 is 32.6 Å². The largest absolute Gasteiger partial charge is 0.484 e. The maximum Gasteiger partial charge on any atom is 0.471 e. The Bertz CT molecular complexity index is 807. The molecule has 0 radical (unpaired) electrons. The zero-order chi connectivity index (χ0) is 20.2. The third-order valence-corrected chi connectivity index (χ3v) is 4.16. The highest BCUT2D eigenvalue weighted by Crippen LogP contribution is 2.27. The highest BCUT2D eigenvalue weighted by atomic mass is 79.9. The van der Waals surface area contributed by atoms with Crippen LogP contribution < -0.4 is 10.1 Å². The van der Waals surface area contributed by atoms with Gasteiger partial charge in [-0.1, -0.05) is 28.1 Å². The molecular formula is C18H15BrF3NO4. The number of aromatic carboxylic acids is 1. The first-order chi connectivity index (χ1) is 12.6. The summed E-state index contributed by atoms with van der Waals surface area (Å²) in [6.45, 7) is 1.39. The molecule has 2 aromatic rings. The SMILES string of the molecule is CC(NC(=O)C(F)(F)F)[C@H](Oc1ccc(C(=O)O)cc1)c1ccc(Br)cc1. The van der Waals surface area contributed by atoms with Crippen LogP contribution in [0.2, 0.25) is 0 Å². The Morgan fingerprint density at radius 1 is 1.07 bits per heavy atom. The van der Waals surface area contributed by atoms with Gasteiger partial charge < -0.3 is 15.2 Å². The van der Waals surface area contributed by atoms with E-state index in [0.717, 1.165) is 4.47 Å². The van der Waals surface area contributed by atoms with Gasteiger partial charge in [-0.3, -0.25) is 4.79 Å². The van der Waals surface area contributed by atoms with Crippen LogP contribution in [0.15, 0.2) is 53.0 Å². The zero-order valence-corrected chi connectivity index (χ0v) is 15.5. The molecule has 2 atom stereocenters. The van der Waals surface area contributed by atoms with Crippen LogP contribution in [0.1, 0.15) is 28.9 Å². The monoisotopic (exact) mass is 445 g/mol. The molecule has 0 aliphatic heterocycles. The first kappa shape index (κ1) is 20.8. The third kappa shape index (κ3) is 5.72. The van der Waals surface area contributed by atoms with Crippen LogP contribution >= 0.6 is 15.9 Å². The Kier molecular flexibility index (Phi) is 6.48. The van der Waals surface area contributed by atoms with Crippen molar-refractivity contribution in [3.05, 3.63) is 64.1 Å². The van der Waals surface area contributed by atoms with E-state index in [2.05, 4.69) is 15.9 Å². The average molecular weight is 446 g/mol. The zero-order valence-electron chi connectivity index (χ0n) is 14.0. The molecule has 144 valence electrons. The normalized spacial score (nSPS) is 13.5. The number of carbonyl (C=O) groups excluding carboxylic acids is 1. The summed E-state index contributed by atoms with van der Waals surface area (Å²) in [5, 5.41) is 10.8. The summed E-state index contributed by atoms with van der Waals surface area (Å²) in [5.74, 6) is -2.93. The predicted octanol–water partition coefficient (Wildman–Crippen LogP) is 4.33. The molecule has 0 spiro atoms. The Morgan fingerprint density at radius 3 is 2.11 bits per heavy atom. The second-order valence-corrected chi connectivity index (χ2v) is 6.60. The third-order valence-electron chi connectivity index (χ3n) is 3.63.